The van der Waals surface area contributed by atoms with E-state index < -0.39 is 0 Å². The fourth-order valence-corrected chi connectivity index (χ4v) is 3.19. The van der Waals surface area contributed by atoms with E-state index in [4.69, 9.17) is 4.74 Å². The van der Waals surface area contributed by atoms with Gasteiger partial charge in [0.1, 0.15) is 11.5 Å². The molecule has 27 heavy (non-hydrogen) atoms. The van der Waals surface area contributed by atoms with E-state index in [0.29, 0.717) is 36.6 Å². The lowest BCUT2D eigenvalue weighted by molar-refractivity contribution is -0.138. The molecule has 0 spiro atoms. The summed E-state index contributed by atoms with van der Waals surface area (Å²) >= 11 is 3.39. The minimum Gasteiger partial charge on any atom is -0.456 e. The molecule has 3 rings (SSSR count). The Hall–Kier alpha value is -2.67. The monoisotopic (exact) mass is 430 g/mol. The molecule has 6 nitrogen and oxygen atoms in total. The lowest BCUT2D eigenvalue weighted by Gasteiger charge is -2.14. The Morgan fingerprint density at radius 2 is 1.81 bits per heavy atom. The zero-order valence-corrected chi connectivity index (χ0v) is 16.2. The van der Waals surface area contributed by atoms with E-state index in [9.17, 15) is 14.4 Å². The van der Waals surface area contributed by atoms with Gasteiger partial charge in [0.2, 0.25) is 11.8 Å². The van der Waals surface area contributed by atoms with Gasteiger partial charge in [-0.15, -0.1) is 0 Å². The van der Waals surface area contributed by atoms with Gasteiger partial charge in [-0.2, -0.15) is 0 Å². The third-order valence-electron chi connectivity index (χ3n) is 4.15. The number of nitrogens with zero attached hydrogens (tertiary/aromatic N) is 1. The minimum atomic E-state index is -0.264. The number of rotatable bonds is 7. The number of carbonyl (C=O) groups excluding carboxylic acids is 3. The molecular weight excluding hydrogens is 412 g/mol. The second-order valence-electron chi connectivity index (χ2n) is 6.10. The van der Waals surface area contributed by atoms with Crippen LogP contribution in [0.4, 0.5) is 0 Å². The Kier molecular flexibility index (Phi) is 6.24. The molecule has 0 radical (unpaired) electrons. The van der Waals surface area contributed by atoms with Crippen LogP contribution in [0.3, 0.4) is 0 Å². The van der Waals surface area contributed by atoms with Crippen LogP contribution in [-0.4, -0.2) is 35.7 Å². The maximum absolute atomic E-state index is 12.5. The second kappa shape index (κ2) is 8.81. The summed E-state index contributed by atoms with van der Waals surface area (Å²) in [7, 11) is 0. The molecule has 0 unspecified atom stereocenters. The Morgan fingerprint density at radius 3 is 2.56 bits per heavy atom. The normalized spacial score (nSPS) is 13.7. The van der Waals surface area contributed by atoms with E-state index in [-0.39, 0.29) is 30.6 Å². The average Bonchev–Trinajstić information content (AvgIpc) is 2.97. The number of hydrogen-bond acceptors (Lipinski definition) is 4. The Bertz CT molecular complexity index is 853. The van der Waals surface area contributed by atoms with Crippen molar-refractivity contribution in [1.29, 1.82) is 0 Å². The molecule has 0 aliphatic carbocycles. The van der Waals surface area contributed by atoms with Gasteiger partial charge in [0.25, 0.3) is 5.91 Å². The van der Waals surface area contributed by atoms with Crippen LogP contribution in [0.5, 0.6) is 11.5 Å². The first-order valence-corrected chi connectivity index (χ1v) is 9.48. The molecule has 0 atom stereocenters. The first-order valence-electron chi connectivity index (χ1n) is 8.68. The highest BCUT2D eigenvalue weighted by Crippen LogP contribution is 2.27. The van der Waals surface area contributed by atoms with Crippen LogP contribution in [-0.2, 0) is 9.59 Å². The molecule has 1 aliphatic rings. The van der Waals surface area contributed by atoms with Crippen LogP contribution in [0.2, 0.25) is 0 Å². The van der Waals surface area contributed by atoms with Crippen molar-refractivity contribution < 1.29 is 19.1 Å². The van der Waals surface area contributed by atoms with Crippen LogP contribution in [0.25, 0.3) is 0 Å². The molecule has 7 heteroatoms. The van der Waals surface area contributed by atoms with Crippen molar-refractivity contribution in [3.8, 4) is 11.5 Å². The van der Waals surface area contributed by atoms with E-state index in [0.717, 1.165) is 4.47 Å². The van der Waals surface area contributed by atoms with Gasteiger partial charge in [-0.05, 0) is 36.8 Å². The highest BCUT2D eigenvalue weighted by molar-refractivity contribution is 9.10. The molecule has 1 fully saturated rings. The van der Waals surface area contributed by atoms with Crippen LogP contribution >= 0.6 is 15.9 Å². The number of imide groups is 1. The standard InChI is InChI=1S/C20H19BrN2O4/c21-14-5-3-6-15(13-14)27-17-8-2-1-7-16(17)20(26)22-11-4-12-23-18(24)9-10-19(23)25/h1-3,5-8,13H,4,9-12H2,(H,22,26). The number of carbonyl (C=O) groups is 3. The van der Waals surface area contributed by atoms with Gasteiger partial charge in [0.15, 0.2) is 0 Å². The number of para-hydroxylation sites is 1. The molecule has 1 aliphatic heterocycles. The number of nitrogens with one attached hydrogen (secondary N) is 1. The molecule has 1 heterocycles. The van der Waals surface area contributed by atoms with Crippen molar-refractivity contribution in [1.82, 2.24) is 10.2 Å². The number of halogens is 1. The summed E-state index contributed by atoms with van der Waals surface area (Å²) in [6.07, 6.45) is 1.08. The third kappa shape index (κ3) is 4.95. The molecule has 3 amide bonds. The van der Waals surface area contributed by atoms with Crippen LogP contribution in [0.15, 0.2) is 53.0 Å². The van der Waals surface area contributed by atoms with Crippen molar-refractivity contribution in [2.24, 2.45) is 0 Å². The Balaban J connectivity index is 1.57. The van der Waals surface area contributed by atoms with Crippen molar-refractivity contribution in [2.75, 3.05) is 13.1 Å². The minimum absolute atomic E-state index is 0.140. The zero-order valence-electron chi connectivity index (χ0n) is 14.6. The molecule has 0 saturated carbocycles. The van der Waals surface area contributed by atoms with Gasteiger partial charge in [0, 0.05) is 30.4 Å². The van der Waals surface area contributed by atoms with Crippen LogP contribution < -0.4 is 10.1 Å². The average molecular weight is 431 g/mol. The first kappa shape index (κ1) is 19.1. The molecule has 0 aromatic heterocycles. The largest absolute Gasteiger partial charge is 0.456 e. The summed E-state index contributed by atoms with van der Waals surface area (Å²) in [4.78, 5) is 36.9. The maximum Gasteiger partial charge on any atom is 0.255 e. The number of hydrogen-bond donors (Lipinski definition) is 1. The van der Waals surface area contributed by atoms with Crippen molar-refractivity contribution in [2.45, 2.75) is 19.3 Å². The summed E-state index contributed by atoms with van der Waals surface area (Å²) < 4.78 is 6.72. The van der Waals surface area contributed by atoms with Gasteiger partial charge in [-0.1, -0.05) is 34.1 Å². The second-order valence-corrected chi connectivity index (χ2v) is 7.02. The van der Waals surface area contributed by atoms with Crippen LogP contribution in [0, 0.1) is 0 Å². The summed E-state index contributed by atoms with van der Waals surface area (Å²) in [5.41, 5.74) is 0.422. The summed E-state index contributed by atoms with van der Waals surface area (Å²) in [5.74, 6) is 0.534. The number of amides is 3. The quantitative estimate of drug-likeness (QED) is 0.538. The van der Waals surface area contributed by atoms with Gasteiger partial charge in [0.05, 0.1) is 5.56 Å². The predicted octanol–water partition coefficient (Wildman–Crippen LogP) is 3.51. The van der Waals surface area contributed by atoms with Crippen molar-refractivity contribution in [3.63, 3.8) is 0 Å². The van der Waals surface area contributed by atoms with Gasteiger partial charge < -0.3 is 10.1 Å². The lowest BCUT2D eigenvalue weighted by atomic mass is 10.2. The number of likely N-dealkylation sites (tertiary alicyclic amines) is 1. The highest BCUT2D eigenvalue weighted by atomic mass is 79.9. The first-order chi connectivity index (χ1) is 13.0. The number of ether oxygens (including phenoxy) is 1. The summed E-state index contributed by atoms with van der Waals surface area (Å²) in [6, 6.07) is 14.4. The van der Waals surface area contributed by atoms with Crippen molar-refractivity contribution in [3.05, 3.63) is 58.6 Å². The van der Waals surface area contributed by atoms with Crippen LogP contribution in [0.1, 0.15) is 29.6 Å². The Labute approximate surface area is 165 Å². The number of benzene rings is 2. The van der Waals surface area contributed by atoms with E-state index in [1.54, 1.807) is 24.3 Å². The fourth-order valence-electron chi connectivity index (χ4n) is 2.81. The highest BCUT2D eigenvalue weighted by Gasteiger charge is 2.28. The maximum atomic E-state index is 12.5. The predicted molar refractivity (Wildman–Crippen MR) is 104 cm³/mol. The summed E-state index contributed by atoms with van der Waals surface area (Å²) in [5, 5.41) is 2.81. The molecule has 0 bridgehead atoms. The molecular formula is C20H19BrN2O4. The van der Waals surface area contributed by atoms with Gasteiger partial charge >= 0.3 is 0 Å². The smallest absolute Gasteiger partial charge is 0.255 e. The van der Waals surface area contributed by atoms with Crippen molar-refractivity contribution >= 4 is 33.7 Å². The Morgan fingerprint density at radius 1 is 1.07 bits per heavy atom. The van der Waals surface area contributed by atoms with Gasteiger partial charge in [-0.25, -0.2) is 0 Å². The third-order valence-corrected chi connectivity index (χ3v) is 4.65. The molecule has 2 aromatic rings. The van der Waals surface area contributed by atoms with E-state index >= 15 is 0 Å². The molecule has 1 N–H and O–H groups in total. The molecule has 140 valence electrons. The SMILES string of the molecule is O=C(NCCCN1C(=O)CCC1=O)c1ccccc1Oc1cccc(Br)c1. The van der Waals surface area contributed by atoms with E-state index in [2.05, 4.69) is 21.2 Å². The fraction of sp³-hybridized carbons (Fsp3) is 0.250. The molecule has 2 aromatic carbocycles. The van der Waals surface area contributed by atoms with Gasteiger partial charge in [-0.3, -0.25) is 19.3 Å². The van der Waals surface area contributed by atoms with E-state index in [1.807, 2.05) is 24.3 Å². The van der Waals surface area contributed by atoms with E-state index in [1.165, 1.54) is 4.90 Å². The lowest BCUT2D eigenvalue weighted by Crippen LogP contribution is -2.33. The molecule has 1 saturated heterocycles. The summed E-state index contributed by atoms with van der Waals surface area (Å²) in [6.45, 7) is 0.690. The zero-order chi connectivity index (χ0) is 19.2. The topological polar surface area (TPSA) is 75.7 Å².